The van der Waals surface area contributed by atoms with Crippen molar-refractivity contribution in [2.75, 3.05) is 11.4 Å². The third-order valence-electron chi connectivity index (χ3n) is 3.29. The maximum atomic E-state index is 13.5. The number of ether oxygens (including phenoxy) is 1. The number of nitrogens with zero attached hydrogens (tertiary/aromatic N) is 1. The predicted molar refractivity (Wildman–Crippen MR) is 74.9 cm³/mol. The molecule has 1 atom stereocenters. The van der Waals surface area contributed by atoms with Crippen LogP contribution >= 0.6 is 0 Å². The van der Waals surface area contributed by atoms with Crippen molar-refractivity contribution in [1.82, 2.24) is 0 Å². The number of amides is 1. The molecule has 0 radical (unpaired) electrons. The van der Waals surface area contributed by atoms with Gasteiger partial charge in [-0.2, -0.15) is 0 Å². The molecular formula is C15H17F2NO4. The third kappa shape index (κ3) is 3.18. The first-order valence-corrected chi connectivity index (χ1v) is 6.82. The van der Waals surface area contributed by atoms with E-state index in [2.05, 4.69) is 0 Å². The molecule has 1 aromatic rings. The largest absolute Gasteiger partial charge is 0.481 e. The smallest absolute Gasteiger partial charge is 0.414 e. The van der Waals surface area contributed by atoms with Gasteiger partial charge in [0.25, 0.3) is 0 Å². The highest BCUT2D eigenvalue weighted by Gasteiger charge is 2.35. The van der Waals surface area contributed by atoms with Crippen molar-refractivity contribution in [1.29, 1.82) is 0 Å². The van der Waals surface area contributed by atoms with Gasteiger partial charge in [-0.1, -0.05) is 0 Å². The summed E-state index contributed by atoms with van der Waals surface area (Å²) in [4.78, 5) is 24.6. The van der Waals surface area contributed by atoms with E-state index in [0.29, 0.717) is 0 Å². The minimum atomic E-state index is -1.14. The number of hydrogen-bond donors (Lipinski definition) is 1. The van der Waals surface area contributed by atoms with Gasteiger partial charge in [-0.25, -0.2) is 13.6 Å². The summed E-state index contributed by atoms with van der Waals surface area (Å²) < 4.78 is 32.2. The van der Waals surface area contributed by atoms with Gasteiger partial charge < -0.3 is 9.84 Å². The summed E-state index contributed by atoms with van der Waals surface area (Å²) >= 11 is 0. The number of halogens is 2. The zero-order valence-electron chi connectivity index (χ0n) is 12.5. The quantitative estimate of drug-likeness (QED) is 0.864. The van der Waals surface area contributed by atoms with Crippen molar-refractivity contribution in [3.05, 3.63) is 29.3 Å². The van der Waals surface area contributed by atoms with Crippen molar-refractivity contribution in [2.45, 2.75) is 38.7 Å². The molecule has 0 spiro atoms. The Morgan fingerprint density at radius 2 is 1.86 bits per heavy atom. The average Bonchev–Trinajstić information content (AvgIpc) is 2.36. The Balaban J connectivity index is 2.45. The highest BCUT2D eigenvalue weighted by Crippen LogP contribution is 2.37. The molecule has 0 bridgehead atoms. The molecule has 0 aromatic heterocycles. The van der Waals surface area contributed by atoms with Gasteiger partial charge in [0.05, 0.1) is 11.6 Å². The topological polar surface area (TPSA) is 66.8 Å². The fourth-order valence-electron chi connectivity index (χ4n) is 2.36. The van der Waals surface area contributed by atoms with Crippen molar-refractivity contribution in [3.63, 3.8) is 0 Å². The molecule has 1 amide bonds. The van der Waals surface area contributed by atoms with Gasteiger partial charge in [0.15, 0.2) is 11.6 Å². The van der Waals surface area contributed by atoms with Crippen LogP contribution < -0.4 is 4.90 Å². The Morgan fingerprint density at radius 3 is 2.41 bits per heavy atom. The van der Waals surface area contributed by atoms with Crippen LogP contribution in [0.25, 0.3) is 0 Å². The maximum Gasteiger partial charge on any atom is 0.414 e. The van der Waals surface area contributed by atoms with Crippen LogP contribution in [0.1, 0.15) is 38.7 Å². The minimum Gasteiger partial charge on any atom is -0.481 e. The van der Waals surface area contributed by atoms with E-state index in [4.69, 9.17) is 4.74 Å². The van der Waals surface area contributed by atoms with Crippen molar-refractivity contribution >= 4 is 17.7 Å². The van der Waals surface area contributed by atoms with Gasteiger partial charge in [0.2, 0.25) is 0 Å². The lowest BCUT2D eigenvalue weighted by Gasteiger charge is -2.34. The Bertz CT molecular complexity index is 625. The number of hydrogen-bond acceptors (Lipinski definition) is 3. The summed E-state index contributed by atoms with van der Waals surface area (Å²) in [5, 5.41) is 9.21. The molecule has 1 aromatic carbocycles. The van der Waals surface area contributed by atoms with Gasteiger partial charge in [-0.15, -0.1) is 0 Å². The number of rotatable bonds is 1. The first-order chi connectivity index (χ1) is 10.1. The highest BCUT2D eigenvalue weighted by molar-refractivity contribution is 5.92. The molecule has 0 saturated heterocycles. The van der Waals surface area contributed by atoms with E-state index in [1.54, 1.807) is 20.8 Å². The third-order valence-corrected chi connectivity index (χ3v) is 3.29. The summed E-state index contributed by atoms with van der Waals surface area (Å²) in [5.74, 6) is -4.41. The van der Waals surface area contributed by atoms with Crippen LogP contribution in [0, 0.1) is 11.6 Å². The second kappa shape index (κ2) is 5.55. The fourth-order valence-corrected chi connectivity index (χ4v) is 2.36. The van der Waals surface area contributed by atoms with Gasteiger partial charge in [-0.05, 0) is 38.8 Å². The summed E-state index contributed by atoms with van der Waals surface area (Å²) in [6, 6.07) is 1.67. The Kier molecular flexibility index (Phi) is 4.08. The van der Waals surface area contributed by atoms with Crippen LogP contribution in [0.15, 0.2) is 12.1 Å². The summed E-state index contributed by atoms with van der Waals surface area (Å²) in [7, 11) is 0. The van der Waals surface area contributed by atoms with Crippen LogP contribution in [0.3, 0.4) is 0 Å². The van der Waals surface area contributed by atoms with Crippen molar-refractivity contribution in [3.8, 4) is 0 Å². The molecule has 120 valence electrons. The molecule has 5 nitrogen and oxygen atoms in total. The summed E-state index contributed by atoms with van der Waals surface area (Å²) in [6.07, 6.45) is -0.615. The number of carboxylic acid groups (broad SMARTS) is 1. The van der Waals surface area contributed by atoms with Crippen molar-refractivity contribution in [2.24, 2.45) is 0 Å². The fraction of sp³-hybridized carbons (Fsp3) is 0.467. The van der Waals surface area contributed by atoms with E-state index in [9.17, 15) is 23.5 Å². The summed E-state index contributed by atoms with van der Waals surface area (Å²) in [5.41, 5.74) is -0.644. The molecule has 1 aliphatic heterocycles. The molecule has 1 unspecified atom stereocenters. The molecule has 1 heterocycles. The predicted octanol–water partition coefficient (Wildman–Crippen LogP) is 3.28. The number of anilines is 1. The van der Waals surface area contributed by atoms with E-state index in [1.165, 1.54) is 0 Å². The van der Waals surface area contributed by atoms with Crippen LogP contribution in [-0.2, 0) is 9.53 Å². The van der Waals surface area contributed by atoms with Crippen LogP contribution in [-0.4, -0.2) is 29.3 Å². The lowest BCUT2D eigenvalue weighted by Crippen LogP contribution is -2.41. The Hall–Kier alpha value is -2.18. The van der Waals surface area contributed by atoms with Crippen LogP contribution in [0.2, 0.25) is 0 Å². The van der Waals surface area contributed by atoms with Gasteiger partial charge in [-0.3, -0.25) is 9.69 Å². The van der Waals surface area contributed by atoms with E-state index < -0.39 is 35.2 Å². The van der Waals surface area contributed by atoms with Gasteiger partial charge in [0.1, 0.15) is 5.60 Å². The normalized spacial score (nSPS) is 17.9. The number of carbonyl (C=O) groups is 2. The molecule has 0 fully saturated rings. The van der Waals surface area contributed by atoms with E-state index in [0.717, 1.165) is 17.0 Å². The Labute approximate surface area is 126 Å². The molecule has 2 rings (SSSR count). The zero-order valence-corrected chi connectivity index (χ0v) is 12.5. The molecule has 0 aliphatic carbocycles. The second-order valence-electron chi connectivity index (χ2n) is 6.14. The molecular weight excluding hydrogens is 296 g/mol. The van der Waals surface area contributed by atoms with Gasteiger partial charge in [0, 0.05) is 12.6 Å². The van der Waals surface area contributed by atoms with Crippen molar-refractivity contribution < 1.29 is 28.2 Å². The molecule has 1 aliphatic rings. The standard InChI is InChI=1S/C15H17F2NO4/c1-15(2,3)22-14(21)18-5-4-8(13(19)20)9-6-10(16)11(17)7-12(9)18/h6-8H,4-5H2,1-3H3,(H,19,20). The summed E-state index contributed by atoms with van der Waals surface area (Å²) in [6.45, 7) is 5.10. The SMILES string of the molecule is CC(C)(C)OC(=O)N1CCC(C(=O)O)c2cc(F)c(F)cc21. The van der Waals surface area contributed by atoms with E-state index >= 15 is 0 Å². The number of fused-ring (bicyclic) bond motifs is 1. The first kappa shape index (κ1) is 16.2. The highest BCUT2D eigenvalue weighted by atomic mass is 19.2. The van der Waals surface area contributed by atoms with E-state index in [-0.39, 0.29) is 24.2 Å². The Morgan fingerprint density at radius 1 is 1.27 bits per heavy atom. The first-order valence-electron chi connectivity index (χ1n) is 6.82. The minimum absolute atomic E-state index is 0.0341. The lowest BCUT2D eigenvalue weighted by molar-refractivity contribution is -0.139. The molecule has 1 N–H and O–H groups in total. The monoisotopic (exact) mass is 313 g/mol. The molecule has 22 heavy (non-hydrogen) atoms. The average molecular weight is 313 g/mol. The van der Waals surface area contributed by atoms with E-state index in [1.807, 2.05) is 0 Å². The van der Waals surface area contributed by atoms with Gasteiger partial charge >= 0.3 is 12.1 Å². The van der Waals surface area contributed by atoms with Crippen LogP contribution in [0.5, 0.6) is 0 Å². The number of carboxylic acids is 1. The molecule has 7 heteroatoms. The zero-order chi connectivity index (χ0) is 16.7. The molecule has 0 saturated carbocycles. The number of aliphatic carboxylic acids is 1. The maximum absolute atomic E-state index is 13.5. The lowest BCUT2D eigenvalue weighted by atomic mass is 9.90. The number of carbonyl (C=O) groups excluding carboxylic acids is 1. The van der Waals surface area contributed by atoms with Crippen LogP contribution in [0.4, 0.5) is 19.3 Å². The second-order valence-corrected chi connectivity index (χ2v) is 6.14. The number of benzene rings is 1.